The number of rotatable bonds is 5. The van der Waals surface area contributed by atoms with Gasteiger partial charge in [-0.3, -0.25) is 4.79 Å². The molecule has 1 aromatic carbocycles. The molecule has 1 aliphatic rings. The molecule has 1 saturated carbocycles. The number of nitrogens with zero attached hydrogens (tertiary/aromatic N) is 3. The average Bonchev–Trinajstić information content (AvgIpc) is 3.22. The minimum atomic E-state index is -1.05. The number of hydrogen-bond donors (Lipinski definition) is 4. The molecule has 2 heterocycles. The molecule has 1 aliphatic carbocycles. The van der Waals surface area contributed by atoms with E-state index in [1.54, 1.807) is 0 Å². The van der Waals surface area contributed by atoms with E-state index in [2.05, 4.69) is 15.3 Å². The Bertz CT molecular complexity index is 1060. The van der Waals surface area contributed by atoms with Crippen LogP contribution in [0.2, 0.25) is 0 Å². The van der Waals surface area contributed by atoms with Gasteiger partial charge < -0.3 is 26.0 Å². The highest BCUT2D eigenvalue weighted by Gasteiger charge is 2.42. The van der Waals surface area contributed by atoms with Crippen LogP contribution in [0, 0.1) is 12.8 Å². The van der Waals surface area contributed by atoms with Gasteiger partial charge >= 0.3 is 5.97 Å². The summed E-state index contributed by atoms with van der Waals surface area (Å²) >= 11 is 1.51. The summed E-state index contributed by atoms with van der Waals surface area (Å²) in [6.45, 7) is 3.18. The van der Waals surface area contributed by atoms with Crippen molar-refractivity contribution in [2.24, 2.45) is 5.92 Å². The molecule has 3 aromatic rings. The van der Waals surface area contributed by atoms with Gasteiger partial charge in [-0.2, -0.15) is 4.98 Å². The summed E-state index contributed by atoms with van der Waals surface area (Å²) in [5.41, 5.74) is 8.11. The second-order valence-corrected chi connectivity index (χ2v) is 8.44. The Morgan fingerprint density at radius 3 is 2.77 bits per heavy atom. The number of aromatic nitrogens is 3. The Labute approximate surface area is 177 Å². The Morgan fingerprint density at radius 1 is 1.27 bits per heavy atom. The number of fused-ring (bicyclic) bond motifs is 1. The summed E-state index contributed by atoms with van der Waals surface area (Å²) in [4.78, 5) is 24.4. The van der Waals surface area contributed by atoms with Crippen molar-refractivity contribution in [2.45, 2.75) is 38.5 Å². The van der Waals surface area contributed by atoms with Crippen molar-refractivity contribution >= 4 is 39.3 Å². The van der Waals surface area contributed by atoms with E-state index in [0.29, 0.717) is 23.5 Å². The van der Waals surface area contributed by atoms with Crippen molar-refractivity contribution in [2.75, 3.05) is 17.7 Å². The number of carbonyl (C=O) groups excluding carboxylic acids is 1. The second kappa shape index (κ2) is 8.13. The average molecular weight is 430 g/mol. The van der Waals surface area contributed by atoms with Gasteiger partial charge in [0.05, 0.1) is 40.2 Å². The number of aliphatic hydroxyl groups excluding tert-OH is 2. The largest absolute Gasteiger partial charge is 0.465 e. The maximum Gasteiger partial charge on any atom is 0.302 e. The molecular weight excluding hydrogens is 406 g/mol. The number of hydrogen-bond acceptors (Lipinski definition) is 10. The first-order chi connectivity index (χ1) is 14.3. The van der Waals surface area contributed by atoms with Crippen LogP contribution in [0.25, 0.3) is 20.8 Å². The number of nitrogen functional groups attached to an aromatic ring is 1. The molecule has 1 fully saturated rings. The maximum absolute atomic E-state index is 11.1. The standard InChI is InChI=1S/C20H23N5O4S/c1-9-15(19-24-12-5-3-4-6-14(12)30-19)18(25-20(21)22-9)23-13-7-11(8-29-10(2)26)16(27)17(13)28/h3-6,11,13,16-17,27-28H,7-8H2,1-2H3,(H3,21,22,23,25)/t11-,13-,16-,17+/m1/s1. The zero-order valence-electron chi connectivity index (χ0n) is 16.6. The number of anilines is 2. The van der Waals surface area contributed by atoms with E-state index in [4.69, 9.17) is 15.5 Å². The minimum Gasteiger partial charge on any atom is -0.465 e. The molecule has 0 bridgehead atoms. The van der Waals surface area contributed by atoms with E-state index >= 15 is 0 Å². The van der Waals surface area contributed by atoms with Crippen LogP contribution in [0.5, 0.6) is 0 Å². The third-order valence-electron chi connectivity index (χ3n) is 5.24. The Kier molecular flexibility index (Phi) is 5.54. The van der Waals surface area contributed by atoms with Gasteiger partial charge in [-0.05, 0) is 25.5 Å². The molecule has 4 atom stereocenters. The number of aliphatic hydroxyl groups is 2. The number of nitrogens with one attached hydrogen (secondary N) is 1. The van der Waals surface area contributed by atoms with Crippen LogP contribution in [0.4, 0.5) is 11.8 Å². The van der Waals surface area contributed by atoms with Crippen molar-refractivity contribution in [1.29, 1.82) is 0 Å². The molecule has 0 aliphatic heterocycles. The van der Waals surface area contributed by atoms with Crippen LogP contribution < -0.4 is 11.1 Å². The summed E-state index contributed by atoms with van der Waals surface area (Å²) in [5, 5.41) is 24.8. The maximum atomic E-state index is 11.1. The van der Waals surface area contributed by atoms with E-state index in [9.17, 15) is 15.0 Å². The number of carbonyl (C=O) groups is 1. The number of thiazole rings is 1. The zero-order chi connectivity index (χ0) is 21.4. The SMILES string of the molecule is CC(=O)OC[C@H]1C[C@@H](Nc2nc(N)nc(C)c2-c2nc3ccccc3s2)[C@H](O)[C@@H]1O. The molecular formula is C20H23N5O4S. The number of ether oxygens (including phenoxy) is 1. The van der Waals surface area contributed by atoms with Crippen molar-refractivity contribution in [1.82, 2.24) is 15.0 Å². The van der Waals surface area contributed by atoms with Crippen LogP contribution in [0.1, 0.15) is 19.0 Å². The Balaban J connectivity index is 1.65. The van der Waals surface area contributed by atoms with Crippen molar-refractivity contribution in [3.05, 3.63) is 30.0 Å². The highest BCUT2D eigenvalue weighted by atomic mass is 32.1. The molecule has 0 radical (unpaired) electrons. The molecule has 30 heavy (non-hydrogen) atoms. The molecule has 0 spiro atoms. The summed E-state index contributed by atoms with van der Waals surface area (Å²) in [7, 11) is 0. The third kappa shape index (κ3) is 3.93. The monoisotopic (exact) mass is 429 g/mol. The number of esters is 1. The minimum absolute atomic E-state index is 0.0431. The van der Waals surface area contributed by atoms with Crippen molar-refractivity contribution in [3.63, 3.8) is 0 Å². The molecule has 158 valence electrons. The van der Waals surface area contributed by atoms with Gasteiger partial charge in [-0.1, -0.05) is 12.1 Å². The molecule has 10 heteroatoms. The smallest absolute Gasteiger partial charge is 0.302 e. The zero-order valence-corrected chi connectivity index (χ0v) is 17.4. The van der Waals surface area contributed by atoms with E-state index in [0.717, 1.165) is 15.2 Å². The van der Waals surface area contributed by atoms with Crippen molar-refractivity contribution in [3.8, 4) is 10.6 Å². The van der Waals surface area contributed by atoms with Crippen LogP contribution in [-0.4, -0.2) is 56.0 Å². The number of benzene rings is 1. The fraction of sp³-hybridized carbons (Fsp3) is 0.400. The first-order valence-corrected chi connectivity index (χ1v) is 10.4. The molecule has 0 unspecified atom stereocenters. The first-order valence-electron chi connectivity index (χ1n) is 9.59. The van der Waals surface area contributed by atoms with Gasteiger partial charge in [0.15, 0.2) is 0 Å². The topological polar surface area (TPSA) is 143 Å². The van der Waals surface area contributed by atoms with Crippen molar-refractivity contribution < 1.29 is 19.7 Å². The van der Waals surface area contributed by atoms with E-state index in [1.807, 2.05) is 31.2 Å². The van der Waals surface area contributed by atoms with Gasteiger partial charge in [0, 0.05) is 12.8 Å². The highest BCUT2D eigenvalue weighted by Crippen LogP contribution is 2.37. The molecule has 5 N–H and O–H groups in total. The highest BCUT2D eigenvalue weighted by molar-refractivity contribution is 7.21. The summed E-state index contributed by atoms with van der Waals surface area (Å²) in [6.07, 6.45) is -1.67. The fourth-order valence-electron chi connectivity index (χ4n) is 3.77. The summed E-state index contributed by atoms with van der Waals surface area (Å²) < 4.78 is 6.05. The van der Waals surface area contributed by atoms with Gasteiger partial charge in [-0.25, -0.2) is 9.97 Å². The molecule has 4 rings (SSSR count). The lowest BCUT2D eigenvalue weighted by Gasteiger charge is -2.20. The normalized spacial score (nSPS) is 23.6. The van der Waals surface area contributed by atoms with E-state index in [-0.39, 0.29) is 18.5 Å². The number of para-hydroxylation sites is 1. The first kappa shape index (κ1) is 20.5. The van der Waals surface area contributed by atoms with Gasteiger partial charge in [0.25, 0.3) is 0 Å². The van der Waals surface area contributed by atoms with Gasteiger partial charge in [0.1, 0.15) is 16.9 Å². The summed E-state index contributed by atoms with van der Waals surface area (Å²) in [6, 6.07) is 7.31. The number of aryl methyl sites for hydroxylation is 1. The lowest BCUT2D eigenvalue weighted by Crippen LogP contribution is -2.36. The molecule has 0 amide bonds. The van der Waals surface area contributed by atoms with Crippen LogP contribution in [0.3, 0.4) is 0 Å². The molecule has 9 nitrogen and oxygen atoms in total. The second-order valence-electron chi connectivity index (χ2n) is 7.41. The van der Waals surface area contributed by atoms with Crippen LogP contribution in [-0.2, 0) is 9.53 Å². The lowest BCUT2D eigenvalue weighted by molar-refractivity contribution is -0.143. The molecule has 2 aromatic heterocycles. The predicted molar refractivity (Wildman–Crippen MR) is 114 cm³/mol. The van der Waals surface area contributed by atoms with Crippen LogP contribution in [0.15, 0.2) is 24.3 Å². The third-order valence-corrected chi connectivity index (χ3v) is 6.29. The molecule has 0 saturated heterocycles. The Hall–Kier alpha value is -2.82. The van der Waals surface area contributed by atoms with E-state index in [1.165, 1.54) is 18.3 Å². The van der Waals surface area contributed by atoms with Crippen LogP contribution >= 0.6 is 11.3 Å². The van der Waals surface area contributed by atoms with Gasteiger partial charge in [0.2, 0.25) is 5.95 Å². The quantitative estimate of drug-likeness (QED) is 0.446. The Morgan fingerprint density at radius 2 is 2.03 bits per heavy atom. The predicted octanol–water partition coefficient (Wildman–Crippen LogP) is 1.73. The fourth-order valence-corrected chi connectivity index (χ4v) is 4.83. The number of nitrogens with two attached hydrogens (primary N) is 1. The van der Waals surface area contributed by atoms with E-state index < -0.39 is 24.2 Å². The summed E-state index contributed by atoms with van der Waals surface area (Å²) in [5.74, 6) is -0.259. The van der Waals surface area contributed by atoms with Gasteiger partial charge in [-0.15, -0.1) is 11.3 Å². The lowest BCUT2D eigenvalue weighted by atomic mass is 10.1.